The molecular weight excluding hydrogens is 198 g/mol. The van der Waals surface area contributed by atoms with Crippen LogP contribution in [0.2, 0.25) is 0 Å². The summed E-state index contributed by atoms with van der Waals surface area (Å²) in [6, 6.07) is 0. The van der Waals surface area contributed by atoms with Crippen LogP contribution in [-0.4, -0.2) is 49.8 Å². The van der Waals surface area contributed by atoms with Crippen molar-refractivity contribution in [3.05, 3.63) is 0 Å². The van der Waals surface area contributed by atoms with E-state index in [1.165, 1.54) is 0 Å². The van der Waals surface area contributed by atoms with E-state index in [1.54, 1.807) is 0 Å². The number of amides is 1. The third-order valence-electron chi connectivity index (χ3n) is 1.93. The van der Waals surface area contributed by atoms with Gasteiger partial charge in [-0.15, -0.1) is 0 Å². The molecule has 14 heavy (non-hydrogen) atoms. The molecule has 0 aromatic carbocycles. The number of thiol groups is 1. The molecule has 0 aromatic heterocycles. The molecule has 0 aliphatic carbocycles. The molecule has 0 heterocycles. The largest absolute Gasteiger partial charge is 0.355 e. The molecule has 0 saturated heterocycles. The standard InChI is InChI=1S/C9H21N3OS/c1-12(6-2-4-10)7-3-5-11-9(13)8-14/h14H,2-8,10H2,1H3,(H,11,13). The Hall–Kier alpha value is -0.260. The minimum absolute atomic E-state index is 0.00190. The summed E-state index contributed by atoms with van der Waals surface area (Å²) in [5.41, 5.74) is 5.40. The van der Waals surface area contributed by atoms with Gasteiger partial charge in [0.15, 0.2) is 0 Å². The van der Waals surface area contributed by atoms with Gasteiger partial charge in [-0.2, -0.15) is 12.6 Å². The van der Waals surface area contributed by atoms with Crippen LogP contribution in [0.25, 0.3) is 0 Å². The lowest BCUT2D eigenvalue weighted by molar-refractivity contribution is -0.118. The van der Waals surface area contributed by atoms with Gasteiger partial charge in [-0.1, -0.05) is 0 Å². The maximum absolute atomic E-state index is 10.8. The van der Waals surface area contributed by atoms with E-state index >= 15 is 0 Å². The average Bonchev–Trinajstić information content (AvgIpc) is 2.21. The van der Waals surface area contributed by atoms with Crippen molar-refractivity contribution in [1.82, 2.24) is 10.2 Å². The first-order chi connectivity index (χ1) is 6.70. The Morgan fingerprint density at radius 3 is 2.64 bits per heavy atom. The van der Waals surface area contributed by atoms with Crippen LogP contribution in [0.15, 0.2) is 0 Å². The Labute approximate surface area is 91.6 Å². The van der Waals surface area contributed by atoms with Crippen molar-refractivity contribution in [2.24, 2.45) is 5.73 Å². The zero-order chi connectivity index (χ0) is 10.8. The third kappa shape index (κ3) is 8.34. The fourth-order valence-corrected chi connectivity index (χ4v) is 1.22. The Kier molecular flexibility index (Phi) is 9.13. The summed E-state index contributed by atoms with van der Waals surface area (Å²) in [7, 11) is 2.07. The molecule has 3 N–H and O–H groups in total. The van der Waals surface area contributed by atoms with E-state index in [0.29, 0.717) is 0 Å². The van der Waals surface area contributed by atoms with E-state index in [2.05, 4.69) is 29.9 Å². The molecule has 0 aliphatic heterocycles. The molecule has 0 aliphatic rings. The van der Waals surface area contributed by atoms with Gasteiger partial charge in [-0.3, -0.25) is 4.79 Å². The molecule has 0 aromatic rings. The van der Waals surface area contributed by atoms with Gasteiger partial charge in [-0.25, -0.2) is 0 Å². The van der Waals surface area contributed by atoms with Crippen LogP contribution in [0.5, 0.6) is 0 Å². The van der Waals surface area contributed by atoms with Gasteiger partial charge < -0.3 is 16.0 Å². The average molecular weight is 219 g/mol. The molecule has 0 radical (unpaired) electrons. The van der Waals surface area contributed by atoms with E-state index in [4.69, 9.17) is 5.73 Å². The van der Waals surface area contributed by atoms with E-state index in [9.17, 15) is 4.79 Å². The predicted molar refractivity (Wildman–Crippen MR) is 62.6 cm³/mol. The zero-order valence-electron chi connectivity index (χ0n) is 8.83. The lowest BCUT2D eigenvalue weighted by atomic mass is 10.3. The maximum atomic E-state index is 10.8. The predicted octanol–water partition coefficient (Wildman–Crippen LogP) is -0.297. The summed E-state index contributed by atoms with van der Waals surface area (Å²) in [5, 5.41) is 2.78. The second-order valence-electron chi connectivity index (χ2n) is 3.31. The molecule has 5 heteroatoms. The van der Waals surface area contributed by atoms with Crippen LogP contribution >= 0.6 is 12.6 Å². The highest BCUT2D eigenvalue weighted by Gasteiger charge is 1.98. The topological polar surface area (TPSA) is 58.4 Å². The van der Waals surface area contributed by atoms with Crippen molar-refractivity contribution in [3.63, 3.8) is 0 Å². The van der Waals surface area contributed by atoms with Gasteiger partial charge in [0, 0.05) is 6.54 Å². The molecule has 4 nitrogen and oxygen atoms in total. The number of nitrogens with one attached hydrogen (secondary N) is 1. The molecule has 0 atom stereocenters. The highest BCUT2D eigenvalue weighted by atomic mass is 32.1. The number of nitrogens with zero attached hydrogens (tertiary/aromatic N) is 1. The molecule has 0 saturated carbocycles. The first kappa shape index (κ1) is 13.7. The second kappa shape index (κ2) is 9.30. The maximum Gasteiger partial charge on any atom is 0.229 e. The molecule has 0 unspecified atom stereocenters. The zero-order valence-corrected chi connectivity index (χ0v) is 9.72. The Balaban J connectivity index is 3.22. The van der Waals surface area contributed by atoms with Crippen LogP contribution in [0.3, 0.4) is 0 Å². The monoisotopic (exact) mass is 219 g/mol. The third-order valence-corrected chi connectivity index (χ3v) is 2.21. The lowest BCUT2D eigenvalue weighted by Gasteiger charge is -2.15. The number of carbonyl (C=O) groups excluding carboxylic acids is 1. The van der Waals surface area contributed by atoms with Gasteiger partial charge in [0.1, 0.15) is 0 Å². The Bertz CT molecular complexity index is 155. The Morgan fingerprint density at radius 1 is 1.43 bits per heavy atom. The number of hydrogen-bond acceptors (Lipinski definition) is 4. The van der Waals surface area contributed by atoms with Crippen molar-refractivity contribution >= 4 is 18.5 Å². The number of carbonyl (C=O) groups is 1. The molecule has 0 rings (SSSR count). The van der Waals surface area contributed by atoms with Crippen molar-refractivity contribution in [2.45, 2.75) is 12.8 Å². The van der Waals surface area contributed by atoms with Crippen LogP contribution < -0.4 is 11.1 Å². The van der Waals surface area contributed by atoms with Gasteiger partial charge in [-0.05, 0) is 39.5 Å². The fraction of sp³-hybridized carbons (Fsp3) is 0.889. The quantitative estimate of drug-likeness (QED) is 0.388. The van der Waals surface area contributed by atoms with E-state index in [0.717, 1.165) is 39.0 Å². The van der Waals surface area contributed by atoms with Crippen molar-refractivity contribution in [1.29, 1.82) is 0 Å². The van der Waals surface area contributed by atoms with Crippen molar-refractivity contribution < 1.29 is 4.79 Å². The van der Waals surface area contributed by atoms with Gasteiger partial charge >= 0.3 is 0 Å². The van der Waals surface area contributed by atoms with Crippen LogP contribution in [0, 0.1) is 0 Å². The van der Waals surface area contributed by atoms with E-state index in [1.807, 2.05) is 0 Å². The molecule has 1 amide bonds. The molecule has 0 fully saturated rings. The normalized spacial score (nSPS) is 10.6. The summed E-state index contributed by atoms with van der Waals surface area (Å²) in [6.45, 7) is 3.48. The van der Waals surface area contributed by atoms with Gasteiger partial charge in [0.2, 0.25) is 5.91 Å². The first-order valence-corrected chi connectivity index (χ1v) is 5.60. The number of rotatable bonds is 8. The van der Waals surface area contributed by atoms with E-state index < -0.39 is 0 Å². The molecule has 0 bridgehead atoms. The smallest absolute Gasteiger partial charge is 0.229 e. The SMILES string of the molecule is CN(CCCN)CCCNC(=O)CS. The summed E-state index contributed by atoms with van der Waals surface area (Å²) >= 11 is 3.87. The second-order valence-corrected chi connectivity index (χ2v) is 3.62. The number of nitrogens with two attached hydrogens (primary N) is 1. The van der Waals surface area contributed by atoms with Crippen molar-refractivity contribution in [3.8, 4) is 0 Å². The summed E-state index contributed by atoms with van der Waals surface area (Å²) in [5.74, 6) is 0.265. The van der Waals surface area contributed by atoms with Gasteiger partial charge in [0.05, 0.1) is 5.75 Å². The van der Waals surface area contributed by atoms with Crippen LogP contribution in [0.1, 0.15) is 12.8 Å². The first-order valence-electron chi connectivity index (χ1n) is 4.97. The summed E-state index contributed by atoms with van der Waals surface area (Å²) in [6.07, 6.45) is 2.00. The summed E-state index contributed by atoms with van der Waals surface area (Å²) < 4.78 is 0. The van der Waals surface area contributed by atoms with Crippen LogP contribution in [0.4, 0.5) is 0 Å². The molecular formula is C9H21N3OS. The Morgan fingerprint density at radius 2 is 2.07 bits per heavy atom. The van der Waals surface area contributed by atoms with Crippen molar-refractivity contribution in [2.75, 3.05) is 39.0 Å². The highest BCUT2D eigenvalue weighted by molar-refractivity contribution is 7.81. The van der Waals surface area contributed by atoms with E-state index in [-0.39, 0.29) is 11.7 Å². The summed E-state index contributed by atoms with van der Waals surface area (Å²) in [4.78, 5) is 13.0. The molecule has 84 valence electrons. The molecule has 0 spiro atoms. The minimum atomic E-state index is -0.00190. The fourth-order valence-electron chi connectivity index (χ4n) is 1.11. The number of hydrogen-bond donors (Lipinski definition) is 3. The van der Waals surface area contributed by atoms with Gasteiger partial charge in [0.25, 0.3) is 0 Å². The highest BCUT2D eigenvalue weighted by Crippen LogP contribution is 1.88. The minimum Gasteiger partial charge on any atom is -0.355 e. The van der Waals surface area contributed by atoms with Crippen LogP contribution in [-0.2, 0) is 4.79 Å². The lowest BCUT2D eigenvalue weighted by Crippen LogP contribution is -2.29.